The number of methoxy groups -OCH3 is 2. The average molecular weight is 377 g/mol. The quantitative estimate of drug-likeness (QED) is 0.566. The van der Waals surface area contributed by atoms with Crippen LogP contribution in [0, 0.1) is 0 Å². The lowest BCUT2D eigenvalue weighted by atomic mass is 10.1. The Morgan fingerprint density at radius 1 is 1.27 bits per heavy atom. The Hall–Kier alpha value is -1.96. The van der Waals surface area contributed by atoms with Crippen molar-refractivity contribution in [2.75, 3.05) is 28.3 Å². The summed E-state index contributed by atoms with van der Waals surface area (Å²) in [6.07, 6.45) is 0.0255. The number of hydrogen-bond donors (Lipinski definition) is 1. The van der Waals surface area contributed by atoms with Gasteiger partial charge in [0.05, 0.1) is 18.8 Å². The number of guanidine groups is 1. The molecule has 0 amide bonds. The van der Waals surface area contributed by atoms with Crippen molar-refractivity contribution in [1.82, 2.24) is 15.2 Å². The van der Waals surface area contributed by atoms with Crippen LogP contribution in [-0.2, 0) is 29.2 Å². The second-order valence-electron chi connectivity index (χ2n) is 6.06. The van der Waals surface area contributed by atoms with Crippen molar-refractivity contribution in [2.24, 2.45) is 4.99 Å². The SMILES string of the molecule is CN=C(NCc1ccc(COC)cc1)N(C)Cc1csc(C(C)OC)n1. The van der Waals surface area contributed by atoms with Gasteiger partial charge in [0.25, 0.3) is 0 Å². The molecule has 1 aromatic carbocycles. The monoisotopic (exact) mass is 376 g/mol. The molecule has 2 rings (SSSR count). The molecular formula is C19H28N4O2S. The predicted molar refractivity (Wildman–Crippen MR) is 106 cm³/mol. The molecule has 1 heterocycles. The van der Waals surface area contributed by atoms with Crippen LogP contribution in [0.5, 0.6) is 0 Å². The van der Waals surface area contributed by atoms with Crippen molar-refractivity contribution in [3.05, 3.63) is 51.5 Å². The molecule has 0 radical (unpaired) electrons. The van der Waals surface area contributed by atoms with Crippen molar-refractivity contribution < 1.29 is 9.47 Å². The van der Waals surface area contributed by atoms with Crippen LogP contribution in [0.2, 0.25) is 0 Å². The minimum absolute atomic E-state index is 0.0255. The molecule has 1 atom stereocenters. The second kappa shape index (κ2) is 10.3. The molecular weight excluding hydrogens is 348 g/mol. The topological polar surface area (TPSA) is 59.0 Å². The van der Waals surface area contributed by atoms with Crippen LogP contribution in [0.3, 0.4) is 0 Å². The van der Waals surface area contributed by atoms with E-state index in [1.165, 1.54) is 11.1 Å². The maximum absolute atomic E-state index is 5.32. The molecule has 0 saturated heterocycles. The maximum atomic E-state index is 5.32. The third-order valence-corrected chi connectivity index (χ3v) is 5.08. The molecule has 142 valence electrons. The Bertz CT molecular complexity index is 700. The van der Waals surface area contributed by atoms with Crippen molar-refractivity contribution in [1.29, 1.82) is 0 Å². The van der Waals surface area contributed by atoms with Crippen LogP contribution in [0.4, 0.5) is 0 Å². The van der Waals surface area contributed by atoms with E-state index in [0.29, 0.717) is 19.7 Å². The molecule has 1 unspecified atom stereocenters. The lowest BCUT2D eigenvalue weighted by Crippen LogP contribution is -2.38. The van der Waals surface area contributed by atoms with Gasteiger partial charge in [0.15, 0.2) is 5.96 Å². The summed E-state index contributed by atoms with van der Waals surface area (Å²) in [4.78, 5) is 11.1. The smallest absolute Gasteiger partial charge is 0.194 e. The summed E-state index contributed by atoms with van der Waals surface area (Å²) in [6.45, 7) is 4.05. The fourth-order valence-electron chi connectivity index (χ4n) is 2.49. The minimum Gasteiger partial charge on any atom is -0.380 e. The Morgan fingerprint density at radius 2 is 1.96 bits per heavy atom. The molecule has 26 heavy (non-hydrogen) atoms. The number of rotatable bonds is 8. The van der Waals surface area contributed by atoms with Crippen LogP contribution < -0.4 is 5.32 Å². The van der Waals surface area contributed by atoms with Crippen LogP contribution in [0.1, 0.15) is 34.9 Å². The van der Waals surface area contributed by atoms with E-state index >= 15 is 0 Å². The maximum Gasteiger partial charge on any atom is 0.194 e. The minimum atomic E-state index is 0.0255. The fraction of sp³-hybridized carbons (Fsp3) is 0.474. The van der Waals surface area contributed by atoms with Gasteiger partial charge in [-0.1, -0.05) is 24.3 Å². The largest absolute Gasteiger partial charge is 0.380 e. The Balaban J connectivity index is 1.90. The molecule has 1 aromatic heterocycles. The first-order valence-electron chi connectivity index (χ1n) is 8.53. The number of aliphatic imine (C=N–C) groups is 1. The summed E-state index contributed by atoms with van der Waals surface area (Å²) in [5.74, 6) is 0.834. The Morgan fingerprint density at radius 3 is 2.58 bits per heavy atom. The first kappa shape index (κ1) is 20.4. The zero-order valence-corrected chi connectivity index (χ0v) is 17.0. The number of ether oxygens (including phenoxy) is 2. The summed E-state index contributed by atoms with van der Waals surface area (Å²) in [5, 5.41) is 6.46. The van der Waals surface area contributed by atoms with Gasteiger partial charge in [-0.2, -0.15) is 0 Å². The van der Waals surface area contributed by atoms with Gasteiger partial charge in [-0.05, 0) is 18.1 Å². The molecule has 0 aliphatic carbocycles. The van der Waals surface area contributed by atoms with Gasteiger partial charge >= 0.3 is 0 Å². The van der Waals surface area contributed by atoms with E-state index in [-0.39, 0.29) is 6.10 Å². The van der Waals surface area contributed by atoms with Crippen molar-refractivity contribution >= 4 is 17.3 Å². The van der Waals surface area contributed by atoms with E-state index in [2.05, 4.69) is 49.8 Å². The van der Waals surface area contributed by atoms with E-state index in [9.17, 15) is 0 Å². The second-order valence-corrected chi connectivity index (χ2v) is 6.95. The fourth-order valence-corrected chi connectivity index (χ4v) is 3.33. The van der Waals surface area contributed by atoms with E-state index in [1.54, 1.807) is 32.6 Å². The van der Waals surface area contributed by atoms with Crippen molar-refractivity contribution in [3.8, 4) is 0 Å². The summed E-state index contributed by atoms with van der Waals surface area (Å²) in [6, 6.07) is 8.38. The van der Waals surface area contributed by atoms with Gasteiger partial charge in [-0.15, -0.1) is 11.3 Å². The third kappa shape index (κ3) is 5.79. The summed E-state index contributed by atoms with van der Waals surface area (Å²) >= 11 is 1.63. The third-order valence-electron chi connectivity index (χ3n) is 4.03. The number of nitrogens with zero attached hydrogens (tertiary/aromatic N) is 3. The van der Waals surface area contributed by atoms with Gasteiger partial charge in [0, 0.05) is 40.2 Å². The van der Waals surface area contributed by atoms with Crippen LogP contribution in [0.15, 0.2) is 34.6 Å². The highest BCUT2D eigenvalue weighted by Gasteiger charge is 2.12. The highest BCUT2D eigenvalue weighted by molar-refractivity contribution is 7.09. The molecule has 0 aliphatic heterocycles. The van der Waals surface area contributed by atoms with E-state index in [0.717, 1.165) is 16.7 Å². The molecule has 0 bridgehead atoms. The average Bonchev–Trinajstić information content (AvgIpc) is 3.11. The van der Waals surface area contributed by atoms with Crippen LogP contribution in [0.25, 0.3) is 0 Å². The van der Waals surface area contributed by atoms with Crippen LogP contribution in [-0.4, -0.2) is 44.2 Å². The summed E-state index contributed by atoms with van der Waals surface area (Å²) in [5.41, 5.74) is 3.38. The van der Waals surface area contributed by atoms with E-state index < -0.39 is 0 Å². The molecule has 0 saturated carbocycles. The van der Waals surface area contributed by atoms with Gasteiger partial charge < -0.3 is 19.7 Å². The first-order chi connectivity index (χ1) is 12.6. The Kier molecular flexibility index (Phi) is 8.03. The standard InChI is InChI=1S/C19H28N4O2S/c1-14(25-5)18-22-17(13-26-18)11-23(3)19(20-2)21-10-15-6-8-16(9-7-15)12-24-4/h6-9,13-14H,10-12H2,1-5H3,(H,20,21). The van der Waals surface area contributed by atoms with Crippen molar-refractivity contribution in [2.45, 2.75) is 32.7 Å². The molecule has 2 aromatic rings. The highest BCUT2D eigenvalue weighted by atomic mass is 32.1. The van der Waals surface area contributed by atoms with Gasteiger partial charge in [0.2, 0.25) is 0 Å². The number of benzene rings is 1. The van der Waals surface area contributed by atoms with E-state index in [4.69, 9.17) is 9.47 Å². The molecule has 0 fully saturated rings. The molecule has 1 N–H and O–H groups in total. The highest BCUT2D eigenvalue weighted by Crippen LogP contribution is 2.20. The number of hydrogen-bond acceptors (Lipinski definition) is 5. The molecule has 0 aliphatic rings. The van der Waals surface area contributed by atoms with Gasteiger partial charge in [-0.3, -0.25) is 4.99 Å². The number of nitrogens with one attached hydrogen (secondary N) is 1. The number of thiazole rings is 1. The van der Waals surface area contributed by atoms with Gasteiger partial charge in [-0.25, -0.2) is 4.98 Å². The molecule has 7 heteroatoms. The molecule has 6 nitrogen and oxygen atoms in total. The molecule has 0 spiro atoms. The zero-order chi connectivity index (χ0) is 18.9. The summed E-state index contributed by atoms with van der Waals surface area (Å²) in [7, 11) is 7.21. The normalized spacial score (nSPS) is 12.9. The van der Waals surface area contributed by atoms with E-state index in [1.807, 2.05) is 14.0 Å². The number of aromatic nitrogens is 1. The van der Waals surface area contributed by atoms with Gasteiger partial charge in [0.1, 0.15) is 11.1 Å². The zero-order valence-electron chi connectivity index (χ0n) is 16.2. The first-order valence-corrected chi connectivity index (χ1v) is 9.41. The Labute approximate surface area is 159 Å². The summed E-state index contributed by atoms with van der Waals surface area (Å²) < 4.78 is 10.5. The van der Waals surface area contributed by atoms with Crippen LogP contribution >= 0.6 is 11.3 Å². The predicted octanol–water partition coefficient (Wildman–Crippen LogP) is 3.20. The lowest BCUT2D eigenvalue weighted by Gasteiger charge is -2.21. The van der Waals surface area contributed by atoms with Crippen molar-refractivity contribution in [3.63, 3.8) is 0 Å². The lowest BCUT2D eigenvalue weighted by molar-refractivity contribution is 0.119.